The summed E-state index contributed by atoms with van der Waals surface area (Å²) in [6.45, 7) is 4.52. The number of pyridine rings is 1. The van der Waals surface area contributed by atoms with Crippen LogP contribution in [0.25, 0.3) is 0 Å². The Morgan fingerprint density at radius 1 is 1.47 bits per heavy atom. The molecule has 5 nitrogen and oxygen atoms in total. The highest BCUT2D eigenvalue weighted by molar-refractivity contribution is 5.88. The number of carbonyl (C=O) groups is 1. The molecule has 1 fully saturated rings. The molecule has 19 heavy (non-hydrogen) atoms. The third-order valence-electron chi connectivity index (χ3n) is 3.69. The summed E-state index contributed by atoms with van der Waals surface area (Å²) >= 11 is 0. The van der Waals surface area contributed by atoms with Crippen molar-refractivity contribution in [2.75, 3.05) is 5.73 Å². The molecule has 0 aromatic carbocycles. The van der Waals surface area contributed by atoms with Crippen LogP contribution in [0.3, 0.4) is 0 Å². The van der Waals surface area contributed by atoms with E-state index in [4.69, 9.17) is 15.6 Å². The van der Waals surface area contributed by atoms with Crippen LogP contribution in [-0.4, -0.2) is 22.2 Å². The van der Waals surface area contributed by atoms with Crippen molar-refractivity contribution in [2.45, 2.75) is 45.6 Å². The smallest absolute Gasteiger partial charge is 0.337 e. The number of ether oxygens (including phenoxy) is 1. The van der Waals surface area contributed by atoms with Crippen molar-refractivity contribution in [3.63, 3.8) is 0 Å². The molecule has 3 N–H and O–H groups in total. The molecule has 0 radical (unpaired) electrons. The Morgan fingerprint density at radius 2 is 2.11 bits per heavy atom. The van der Waals surface area contributed by atoms with Gasteiger partial charge in [-0.25, -0.2) is 9.78 Å². The SMILES string of the molecule is CC1(C)CCC(Oc2ncc(C(=O)O)cc2N)CC1. The molecule has 0 saturated heterocycles. The number of hydrogen-bond acceptors (Lipinski definition) is 4. The van der Waals surface area contributed by atoms with Crippen molar-refractivity contribution in [3.8, 4) is 5.88 Å². The van der Waals surface area contributed by atoms with Gasteiger partial charge in [-0.15, -0.1) is 0 Å². The van der Waals surface area contributed by atoms with Crippen molar-refractivity contribution in [2.24, 2.45) is 5.41 Å². The summed E-state index contributed by atoms with van der Waals surface area (Å²) in [5.41, 5.74) is 6.52. The maximum atomic E-state index is 10.8. The van der Waals surface area contributed by atoms with E-state index in [2.05, 4.69) is 18.8 Å². The first-order chi connectivity index (χ1) is 8.87. The number of nitrogens with two attached hydrogens (primary N) is 1. The largest absolute Gasteiger partial charge is 0.478 e. The molecule has 0 spiro atoms. The van der Waals surface area contributed by atoms with Crippen molar-refractivity contribution >= 4 is 11.7 Å². The van der Waals surface area contributed by atoms with Crippen LogP contribution in [0.4, 0.5) is 5.69 Å². The van der Waals surface area contributed by atoms with Gasteiger partial charge >= 0.3 is 5.97 Å². The minimum atomic E-state index is -1.04. The normalized spacial score (nSPS) is 19.1. The number of nitrogen functional groups attached to an aromatic ring is 1. The first-order valence-corrected chi connectivity index (χ1v) is 6.53. The summed E-state index contributed by atoms with van der Waals surface area (Å²) in [4.78, 5) is 14.8. The number of hydrogen-bond donors (Lipinski definition) is 2. The second-order valence-corrected chi connectivity index (χ2v) is 5.90. The van der Waals surface area contributed by atoms with Gasteiger partial charge in [0.2, 0.25) is 5.88 Å². The quantitative estimate of drug-likeness (QED) is 0.876. The molecular formula is C14H20N2O3. The number of aromatic carboxylic acids is 1. The standard InChI is InChI=1S/C14H20N2O3/c1-14(2)5-3-10(4-6-14)19-12-11(15)7-9(8-16-12)13(17)18/h7-8,10H,3-6,15H2,1-2H3,(H,17,18). The molecule has 104 valence electrons. The number of rotatable bonds is 3. The molecule has 1 aromatic heterocycles. The highest BCUT2D eigenvalue weighted by Gasteiger charge is 2.28. The molecule has 1 heterocycles. The third-order valence-corrected chi connectivity index (χ3v) is 3.69. The van der Waals surface area contributed by atoms with Crippen molar-refractivity contribution in [3.05, 3.63) is 17.8 Å². The van der Waals surface area contributed by atoms with Gasteiger partial charge in [-0.2, -0.15) is 0 Å². The maximum Gasteiger partial charge on any atom is 0.337 e. The Bertz CT molecular complexity index is 476. The van der Waals surface area contributed by atoms with Crippen LogP contribution in [0.5, 0.6) is 5.88 Å². The van der Waals surface area contributed by atoms with Gasteiger partial charge in [0.25, 0.3) is 0 Å². The minimum absolute atomic E-state index is 0.0784. The van der Waals surface area contributed by atoms with Crippen LogP contribution in [0.15, 0.2) is 12.3 Å². The van der Waals surface area contributed by atoms with Gasteiger partial charge in [-0.1, -0.05) is 13.8 Å². The van der Waals surface area contributed by atoms with E-state index in [1.165, 1.54) is 12.3 Å². The fourth-order valence-corrected chi connectivity index (χ4v) is 2.33. The summed E-state index contributed by atoms with van der Waals surface area (Å²) in [5.74, 6) is -0.695. The number of carboxylic acid groups (broad SMARTS) is 1. The molecular weight excluding hydrogens is 244 g/mol. The highest BCUT2D eigenvalue weighted by Crippen LogP contribution is 2.36. The molecule has 2 rings (SSSR count). The Morgan fingerprint density at radius 3 is 2.63 bits per heavy atom. The first kappa shape index (κ1) is 13.6. The Labute approximate surface area is 112 Å². The Kier molecular flexibility index (Phi) is 3.64. The Hall–Kier alpha value is -1.78. The molecule has 1 aliphatic carbocycles. The minimum Gasteiger partial charge on any atom is -0.478 e. The molecule has 0 aliphatic heterocycles. The predicted octanol–water partition coefficient (Wildman–Crippen LogP) is 2.71. The second-order valence-electron chi connectivity index (χ2n) is 5.90. The molecule has 1 saturated carbocycles. The molecule has 0 atom stereocenters. The lowest BCUT2D eigenvalue weighted by Crippen LogP contribution is -2.28. The van der Waals surface area contributed by atoms with E-state index in [0.29, 0.717) is 11.3 Å². The van der Waals surface area contributed by atoms with Crippen LogP contribution >= 0.6 is 0 Å². The molecule has 0 amide bonds. The summed E-state index contributed by atoms with van der Waals surface area (Å²) in [5, 5.41) is 8.84. The fourth-order valence-electron chi connectivity index (χ4n) is 2.33. The summed E-state index contributed by atoms with van der Waals surface area (Å²) < 4.78 is 5.79. The number of anilines is 1. The third kappa shape index (κ3) is 3.36. The number of aromatic nitrogens is 1. The van der Waals surface area contributed by atoms with E-state index in [-0.39, 0.29) is 17.4 Å². The molecule has 5 heteroatoms. The Balaban J connectivity index is 2.02. The fraction of sp³-hybridized carbons (Fsp3) is 0.571. The number of carboxylic acids is 1. The maximum absolute atomic E-state index is 10.8. The van der Waals surface area contributed by atoms with E-state index >= 15 is 0 Å². The van der Waals surface area contributed by atoms with Gasteiger partial charge < -0.3 is 15.6 Å². The molecule has 0 bridgehead atoms. The van der Waals surface area contributed by atoms with Gasteiger partial charge in [0.05, 0.1) is 11.3 Å². The zero-order valence-electron chi connectivity index (χ0n) is 11.3. The van der Waals surface area contributed by atoms with Gasteiger partial charge in [0, 0.05) is 6.20 Å². The average Bonchev–Trinajstić information content (AvgIpc) is 2.34. The topological polar surface area (TPSA) is 85.4 Å². The van der Waals surface area contributed by atoms with Gasteiger partial charge in [0.1, 0.15) is 6.10 Å². The monoisotopic (exact) mass is 264 g/mol. The van der Waals surface area contributed by atoms with Crippen molar-refractivity contribution in [1.29, 1.82) is 0 Å². The van der Waals surface area contributed by atoms with Crippen LogP contribution in [0.2, 0.25) is 0 Å². The predicted molar refractivity (Wildman–Crippen MR) is 72.3 cm³/mol. The summed E-state index contributed by atoms with van der Waals surface area (Å²) in [6, 6.07) is 1.39. The summed E-state index contributed by atoms with van der Waals surface area (Å²) in [7, 11) is 0. The van der Waals surface area contributed by atoms with E-state index in [1.54, 1.807) is 0 Å². The zero-order valence-corrected chi connectivity index (χ0v) is 11.3. The van der Waals surface area contributed by atoms with Gasteiger partial charge in [-0.05, 0) is 37.2 Å². The number of nitrogens with zero attached hydrogens (tertiary/aromatic N) is 1. The van der Waals surface area contributed by atoms with E-state index in [9.17, 15) is 4.79 Å². The lowest BCUT2D eigenvalue weighted by atomic mass is 9.76. The zero-order chi connectivity index (χ0) is 14.0. The molecule has 1 aromatic rings. The lowest BCUT2D eigenvalue weighted by molar-refractivity contribution is 0.0696. The first-order valence-electron chi connectivity index (χ1n) is 6.53. The van der Waals surface area contributed by atoms with E-state index in [0.717, 1.165) is 25.7 Å². The van der Waals surface area contributed by atoms with Crippen LogP contribution in [-0.2, 0) is 0 Å². The van der Waals surface area contributed by atoms with Gasteiger partial charge in [0.15, 0.2) is 0 Å². The molecule has 1 aliphatic rings. The highest BCUT2D eigenvalue weighted by atomic mass is 16.5. The van der Waals surface area contributed by atoms with Crippen LogP contribution in [0, 0.1) is 5.41 Å². The van der Waals surface area contributed by atoms with Crippen LogP contribution < -0.4 is 10.5 Å². The van der Waals surface area contributed by atoms with E-state index in [1.807, 2.05) is 0 Å². The van der Waals surface area contributed by atoms with Crippen LogP contribution in [0.1, 0.15) is 49.9 Å². The lowest BCUT2D eigenvalue weighted by Gasteiger charge is -2.34. The second kappa shape index (κ2) is 5.07. The van der Waals surface area contributed by atoms with Gasteiger partial charge in [-0.3, -0.25) is 0 Å². The molecule has 0 unspecified atom stereocenters. The average molecular weight is 264 g/mol. The van der Waals surface area contributed by atoms with Crippen molar-refractivity contribution < 1.29 is 14.6 Å². The summed E-state index contributed by atoms with van der Waals surface area (Å²) in [6.07, 6.45) is 5.60. The van der Waals surface area contributed by atoms with Crippen molar-refractivity contribution in [1.82, 2.24) is 4.98 Å². The van der Waals surface area contributed by atoms with E-state index < -0.39 is 5.97 Å².